The smallest absolute Gasteiger partial charge is 0.252 e. The number of amides is 1. The number of hydrogen-bond acceptors (Lipinski definition) is 4. The van der Waals surface area contributed by atoms with E-state index in [1.165, 1.54) is 0 Å². The van der Waals surface area contributed by atoms with Crippen molar-refractivity contribution in [2.75, 3.05) is 33.3 Å². The fourth-order valence-electron chi connectivity index (χ4n) is 1.30. The van der Waals surface area contributed by atoms with Crippen molar-refractivity contribution in [3.63, 3.8) is 0 Å². The lowest BCUT2D eigenvalue weighted by molar-refractivity contribution is -0.143. The number of nitrogens with one attached hydrogen (secondary N) is 1. The molecule has 0 aromatic carbocycles. The molecule has 0 aromatic rings. The van der Waals surface area contributed by atoms with Crippen LogP contribution < -0.4 is 5.32 Å². The molecule has 0 saturated carbocycles. The fourth-order valence-corrected chi connectivity index (χ4v) is 1.30. The molecule has 1 atom stereocenters. The number of hydrogen-bond donors (Lipinski definition) is 1. The van der Waals surface area contributed by atoms with E-state index in [1.807, 2.05) is 6.07 Å². The number of rotatable bonds is 3. The first kappa shape index (κ1) is 11.0. The van der Waals surface area contributed by atoms with Gasteiger partial charge in [0.2, 0.25) is 0 Å². The third-order valence-corrected chi connectivity index (χ3v) is 2.14. The number of carbonyl (C=O) groups excluding carboxylic acids is 1. The van der Waals surface area contributed by atoms with Gasteiger partial charge in [0.15, 0.2) is 0 Å². The third-order valence-electron chi connectivity index (χ3n) is 2.14. The summed E-state index contributed by atoms with van der Waals surface area (Å²) in [5.41, 5.74) is 0. The molecule has 1 heterocycles. The van der Waals surface area contributed by atoms with E-state index >= 15 is 0 Å². The molecule has 0 bridgehead atoms. The highest BCUT2D eigenvalue weighted by molar-refractivity contribution is 5.81. The molecule has 0 radical (unpaired) electrons. The molecule has 5 heteroatoms. The van der Waals surface area contributed by atoms with Gasteiger partial charge in [-0.05, 0) is 0 Å². The molecule has 1 saturated heterocycles. The molecule has 1 amide bonds. The minimum atomic E-state index is -0.382. The summed E-state index contributed by atoms with van der Waals surface area (Å²) in [4.78, 5) is 13.2. The Bertz CT molecular complexity index is 231. The first-order chi connectivity index (χ1) is 6.75. The van der Waals surface area contributed by atoms with Gasteiger partial charge in [0.25, 0.3) is 5.91 Å². The SMILES string of the molecule is CN(CCC#N)C(=O)C1CNCCO1. The van der Waals surface area contributed by atoms with E-state index in [9.17, 15) is 4.79 Å². The number of morpholine rings is 1. The highest BCUT2D eigenvalue weighted by Crippen LogP contribution is 2.01. The van der Waals surface area contributed by atoms with Crippen molar-refractivity contribution < 1.29 is 9.53 Å². The van der Waals surface area contributed by atoms with Crippen LogP contribution in [-0.4, -0.2) is 50.2 Å². The molecule has 1 aliphatic rings. The van der Waals surface area contributed by atoms with Crippen LogP contribution in [0.2, 0.25) is 0 Å². The van der Waals surface area contributed by atoms with Crippen LogP contribution >= 0.6 is 0 Å². The van der Waals surface area contributed by atoms with Crippen LogP contribution in [0, 0.1) is 11.3 Å². The van der Waals surface area contributed by atoms with Gasteiger partial charge >= 0.3 is 0 Å². The Morgan fingerprint density at radius 3 is 3.14 bits per heavy atom. The molecule has 1 fully saturated rings. The zero-order valence-corrected chi connectivity index (χ0v) is 8.32. The normalized spacial score (nSPS) is 21.3. The summed E-state index contributed by atoms with van der Waals surface area (Å²) < 4.78 is 5.30. The van der Waals surface area contributed by atoms with Gasteiger partial charge < -0.3 is 15.0 Å². The first-order valence-electron chi connectivity index (χ1n) is 4.70. The van der Waals surface area contributed by atoms with E-state index in [4.69, 9.17) is 10.00 Å². The molecule has 0 aromatic heterocycles. The van der Waals surface area contributed by atoms with Gasteiger partial charge in [-0.15, -0.1) is 0 Å². The maximum Gasteiger partial charge on any atom is 0.252 e. The number of nitriles is 1. The van der Waals surface area contributed by atoms with Crippen LogP contribution in [0.15, 0.2) is 0 Å². The summed E-state index contributed by atoms with van der Waals surface area (Å²) in [7, 11) is 1.69. The Morgan fingerprint density at radius 1 is 1.79 bits per heavy atom. The fraction of sp³-hybridized carbons (Fsp3) is 0.778. The second kappa shape index (κ2) is 5.58. The highest BCUT2D eigenvalue weighted by atomic mass is 16.5. The molecular weight excluding hydrogens is 182 g/mol. The van der Waals surface area contributed by atoms with Gasteiger partial charge in [-0.2, -0.15) is 5.26 Å². The molecule has 14 heavy (non-hydrogen) atoms. The molecule has 1 rings (SSSR count). The lowest BCUT2D eigenvalue weighted by Crippen LogP contribution is -2.48. The standard InChI is InChI=1S/C9H15N3O2/c1-12(5-2-3-10)9(13)8-7-11-4-6-14-8/h8,11H,2,4-7H2,1H3. The van der Waals surface area contributed by atoms with Gasteiger partial charge in [-0.1, -0.05) is 0 Å². The molecule has 0 aliphatic carbocycles. The number of carbonyl (C=O) groups is 1. The largest absolute Gasteiger partial charge is 0.366 e. The van der Waals surface area contributed by atoms with E-state index in [0.717, 1.165) is 6.54 Å². The van der Waals surface area contributed by atoms with Crippen molar-refractivity contribution in [3.8, 4) is 6.07 Å². The van der Waals surface area contributed by atoms with E-state index in [2.05, 4.69) is 5.32 Å². The third kappa shape index (κ3) is 2.98. The molecule has 1 N–H and O–H groups in total. The average molecular weight is 197 g/mol. The summed E-state index contributed by atoms with van der Waals surface area (Å²) in [6.45, 7) is 2.40. The zero-order valence-electron chi connectivity index (χ0n) is 8.32. The highest BCUT2D eigenvalue weighted by Gasteiger charge is 2.24. The predicted octanol–water partition coefficient (Wildman–Crippen LogP) is -0.653. The summed E-state index contributed by atoms with van der Waals surface area (Å²) in [6.07, 6.45) is -0.0185. The van der Waals surface area contributed by atoms with Gasteiger partial charge in [0.1, 0.15) is 6.10 Å². The molecule has 0 spiro atoms. The number of nitrogens with zero attached hydrogens (tertiary/aromatic N) is 2. The van der Waals surface area contributed by atoms with Crippen molar-refractivity contribution in [2.45, 2.75) is 12.5 Å². The zero-order chi connectivity index (χ0) is 10.4. The maximum atomic E-state index is 11.7. The van der Waals surface area contributed by atoms with Crippen molar-refractivity contribution in [3.05, 3.63) is 0 Å². The Balaban J connectivity index is 2.35. The predicted molar refractivity (Wildman–Crippen MR) is 50.5 cm³/mol. The van der Waals surface area contributed by atoms with E-state index in [1.54, 1.807) is 11.9 Å². The lowest BCUT2D eigenvalue weighted by Gasteiger charge is -2.26. The second-order valence-corrected chi connectivity index (χ2v) is 3.23. The molecule has 1 aliphatic heterocycles. The van der Waals surface area contributed by atoms with Crippen LogP contribution in [-0.2, 0) is 9.53 Å². The second-order valence-electron chi connectivity index (χ2n) is 3.23. The van der Waals surface area contributed by atoms with Gasteiger partial charge in [0.05, 0.1) is 19.1 Å². The number of likely N-dealkylation sites (N-methyl/N-ethyl adjacent to an activating group) is 1. The van der Waals surface area contributed by atoms with Crippen molar-refractivity contribution in [2.24, 2.45) is 0 Å². The van der Waals surface area contributed by atoms with Crippen LogP contribution in [0.3, 0.4) is 0 Å². The minimum Gasteiger partial charge on any atom is -0.366 e. The summed E-state index contributed by atoms with van der Waals surface area (Å²) in [5.74, 6) is -0.0487. The summed E-state index contributed by atoms with van der Waals surface area (Å²) >= 11 is 0. The van der Waals surface area contributed by atoms with E-state index < -0.39 is 0 Å². The molecule has 78 valence electrons. The van der Waals surface area contributed by atoms with Crippen molar-refractivity contribution in [1.29, 1.82) is 5.26 Å². The van der Waals surface area contributed by atoms with Crippen LogP contribution in [0.4, 0.5) is 0 Å². The Labute approximate surface area is 83.6 Å². The van der Waals surface area contributed by atoms with Crippen LogP contribution in [0.25, 0.3) is 0 Å². The molecule has 1 unspecified atom stereocenters. The van der Waals surface area contributed by atoms with Gasteiger partial charge in [-0.3, -0.25) is 4.79 Å². The van der Waals surface area contributed by atoms with Crippen molar-refractivity contribution >= 4 is 5.91 Å². The lowest BCUT2D eigenvalue weighted by atomic mass is 10.2. The Hall–Kier alpha value is -1.12. The summed E-state index contributed by atoms with van der Waals surface area (Å²) in [5, 5.41) is 11.5. The van der Waals surface area contributed by atoms with Gasteiger partial charge in [0, 0.05) is 26.7 Å². The quantitative estimate of drug-likeness (QED) is 0.652. The van der Waals surface area contributed by atoms with Crippen molar-refractivity contribution in [1.82, 2.24) is 10.2 Å². The summed E-state index contributed by atoms with van der Waals surface area (Å²) in [6, 6.07) is 2.01. The Morgan fingerprint density at radius 2 is 2.57 bits per heavy atom. The van der Waals surface area contributed by atoms with Crippen LogP contribution in [0.5, 0.6) is 0 Å². The van der Waals surface area contributed by atoms with Gasteiger partial charge in [-0.25, -0.2) is 0 Å². The van der Waals surface area contributed by atoms with E-state index in [-0.39, 0.29) is 12.0 Å². The maximum absolute atomic E-state index is 11.7. The first-order valence-corrected chi connectivity index (χ1v) is 4.70. The monoisotopic (exact) mass is 197 g/mol. The Kier molecular flexibility index (Phi) is 4.36. The van der Waals surface area contributed by atoms with Crippen LogP contribution in [0.1, 0.15) is 6.42 Å². The topological polar surface area (TPSA) is 65.4 Å². The van der Waals surface area contributed by atoms with E-state index in [0.29, 0.717) is 26.1 Å². The minimum absolute atomic E-state index is 0.0487. The molecule has 5 nitrogen and oxygen atoms in total. The molecular formula is C9H15N3O2. The number of ether oxygens (including phenoxy) is 1. The average Bonchev–Trinajstić information content (AvgIpc) is 2.26.